The monoisotopic (exact) mass is 333 g/mol. The Morgan fingerprint density at radius 2 is 2.16 bits per heavy atom. The van der Waals surface area contributed by atoms with Crippen molar-refractivity contribution in [2.75, 3.05) is 0 Å². The highest BCUT2D eigenvalue weighted by molar-refractivity contribution is 5.78. The van der Waals surface area contributed by atoms with Gasteiger partial charge in [0.15, 0.2) is 5.76 Å². The van der Waals surface area contributed by atoms with Gasteiger partial charge in [-0.05, 0) is 30.3 Å². The number of H-pyrrole nitrogens is 1. The van der Waals surface area contributed by atoms with Gasteiger partial charge in [-0.3, -0.25) is 9.89 Å². The van der Waals surface area contributed by atoms with E-state index < -0.39 is 0 Å². The summed E-state index contributed by atoms with van der Waals surface area (Å²) in [6.45, 7) is 0.431. The maximum atomic E-state index is 12.2. The molecular weight excluding hydrogens is 318 g/mol. The molecule has 0 saturated carbocycles. The van der Waals surface area contributed by atoms with E-state index in [1.165, 1.54) is 0 Å². The Kier molecular flexibility index (Phi) is 3.00. The number of aromatic nitrogens is 4. The molecule has 0 fully saturated rings. The second kappa shape index (κ2) is 5.34. The maximum Gasteiger partial charge on any atom is 0.221 e. The summed E-state index contributed by atoms with van der Waals surface area (Å²) >= 11 is 0. The number of carbonyl (C=O) groups is 1. The van der Waals surface area contributed by atoms with E-state index in [9.17, 15) is 4.79 Å². The molecule has 1 aliphatic heterocycles. The molecule has 0 aromatic carbocycles. The van der Waals surface area contributed by atoms with Crippen LogP contribution in [0.25, 0.3) is 17.1 Å². The molecule has 0 aliphatic carbocycles. The number of pyridine rings is 1. The molecule has 0 bridgehead atoms. The van der Waals surface area contributed by atoms with Gasteiger partial charge < -0.3 is 14.1 Å². The third-order valence-corrected chi connectivity index (χ3v) is 4.55. The van der Waals surface area contributed by atoms with Crippen LogP contribution in [-0.4, -0.2) is 25.5 Å². The Balaban J connectivity index is 1.66. The van der Waals surface area contributed by atoms with Crippen molar-refractivity contribution < 1.29 is 9.21 Å². The summed E-state index contributed by atoms with van der Waals surface area (Å²) in [7, 11) is 0. The quantitative estimate of drug-likeness (QED) is 0.590. The van der Waals surface area contributed by atoms with E-state index in [0.717, 1.165) is 28.5 Å². The Morgan fingerprint density at radius 3 is 3.04 bits per heavy atom. The zero-order valence-corrected chi connectivity index (χ0v) is 13.3. The number of imidazole rings is 1. The summed E-state index contributed by atoms with van der Waals surface area (Å²) in [5.41, 5.74) is 3.55. The molecule has 4 aromatic heterocycles. The maximum absolute atomic E-state index is 12.2. The molecule has 124 valence electrons. The highest BCUT2D eigenvalue weighted by Gasteiger charge is 2.31. The molecule has 1 atom stereocenters. The van der Waals surface area contributed by atoms with Crippen molar-refractivity contribution in [2.45, 2.75) is 18.9 Å². The fourth-order valence-corrected chi connectivity index (χ4v) is 3.41. The van der Waals surface area contributed by atoms with Gasteiger partial charge in [0, 0.05) is 18.8 Å². The zero-order valence-electron chi connectivity index (χ0n) is 13.3. The highest BCUT2D eigenvalue weighted by Crippen LogP contribution is 2.35. The van der Waals surface area contributed by atoms with E-state index in [4.69, 9.17) is 4.42 Å². The predicted octanol–water partition coefficient (Wildman–Crippen LogP) is 2.47. The van der Waals surface area contributed by atoms with Gasteiger partial charge >= 0.3 is 0 Å². The van der Waals surface area contributed by atoms with Crippen LogP contribution < -0.4 is 5.32 Å². The number of nitrogens with one attached hydrogen (secondary N) is 2. The van der Waals surface area contributed by atoms with Gasteiger partial charge in [0.05, 0.1) is 23.9 Å². The van der Waals surface area contributed by atoms with Crippen molar-refractivity contribution in [3.8, 4) is 11.5 Å². The lowest BCUT2D eigenvalue weighted by molar-refractivity contribution is -0.121. The van der Waals surface area contributed by atoms with Gasteiger partial charge in [0.2, 0.25) is 5.91 Å². The average molecular weight is 333 g/mol. The standard InChI is InChI=1S/C18H15N5O2/c24-17-9-11(14-4-5-15(25-14)12-6-7-20-22-12)18-13(10-19-17)21-16-3-1-2-8-23(16)18/h1-8,11H,9-10H2,(H,19,24)(H,20,22)/t11-/m1/s1. The summed E-state index contributed by atoms with van der Waals surface area (Å²) in [4.78, 5) is 16.9. The van der Waals surface area contributed by atoms with Crippen molar-refractivity contribution >= 4 is 11.6 Å². The molecular formula is C18H15N5O2. The Bertz CT molecular complexity index is 1060. The number of furan rings is 1. The second-order valence-corrected chi connectivity index (χ2v) is 6.08. The van der Waals surface area contributed by atoms with Gasteiger partial charge in [-0.1, -0.05) is 6.07 Å². The molecule has 0 spiro atoms. The number of aromatic amines is 1. The highest BCUT2D eigenvalue weighted by atomic mass is 16.3. The molecule has 1 amide bonds. The predicted molar refractivity (Wildman–Crippen MR) is 89.8 cm³/mol. The lowest BCUT2D eigenvalue weighted by Gasteiger charge is -2.12. The number of hydrogen-bond acceptors (Lipinski definition) is 4. The normalized spacial score (nSPS) is 17.3. The van der Waals surface area contributed by atoms with Crippen LogP contribution in [0.3, 0.4) is 0 Å². The SMILES string of the molecule is O=C1C[C@H](c2ccc(-c3ccn[nH]3)o2)c2c(nc3ccccn23)CN1. The summed E-state index contributed by atoms with van der Waals surface area (Å²) in [6, 6.07) is 11.6. The number of amides is 1. The molecule has 7 nitrogen and oxygen atoms in total. The topological polar surface area (TPSA) is 88.2 Å². The van der Waals surface area contributed by atoms with Crippen molar-refractivity contribution in [2.24, 2.45) is 0 Å². The number of fused-ring (bicyclic) bond motifs is 3. The lowest BCUT2D eigenvalue weighted by Crippen LogP contribution is -2.21. The molecule has 5 heterocycles. The lowest BCUT2D eigenvalue weighted by atomic mass is 9.97. The van der Waals surface area contributed by atoms with Crippen LogP contribution in [0.1, 0.15) is 29.5 Å². The molecule has 0 unspecified atom stereocenters. The van der Waals surface area contributed by atoms with Crippen LogP contribution in [0.2, 0.25) is 0 Å². The van der Waals surface area contributed by atoms with Crippen molar-refractivity contribution in [3.63, 3.8) is 0 Å². The molecule has 7 heteroatoms. The van der Waals surface area contributed by atoms with Crippen LogP contribution in [-0.2, 0) is 11.3 Å². The van der Waals surface area contributed by atoms with E-state index in [1.807, 2.05) is 47.0 Å². The number of carbonyl (C=O) groups excluding carboxylic acids is 1. The number of hydrogen-bond donors (Lipinski definition) is 2. The molecule has 2 N–H and O–H groups in total. The smallest absolute Gasteiger partial charge is 0.221 e. The van der Waals surface area contributed by atoms with E-state index in [-0.39, 0.29) is 11.8 Å². The zero-order chi connectivity index (χ0) is 16.8. The third kappa shape index (κ3) is 2.24. The molecule has 25 heavy (non-hydrogen) atoms. The van der Waals surface area contributed by atoms with Crippen LogP contribution >= 0.6 is 0 Å². The third-order valence-electron chi connectivity index (χ3n) is 4.55. The Labute approximate surface area is 142 Å². The molecule has 4 aromatic rings. The first-order valence-corrected chi connectivity index (χ1v) is 8.11. The van der Waals surface area contributed by atoms with E-state index in [1.54, 1.807) is 6.20 Å². The number of nitrogens with zero attached hydrogens (tertiary/aromatic N) is 3. The first-order chi connectivity index (χ1) is 12.3. The first-order valence-electron chi connectivity index (χ1n) is 8.11. The van der Waals surface area contributed by atoms with E-state index >= 15 is 0 Å². The molecule has 5 rings (SSSR count). The van der Waals surface area contributed by atoms with Crippen LogP contribution in [0.4, 0.5) is 0 Å². The van der Waals surface area contributed by atoms with Crippen LogP contribution in [0.5, 0.6) is 0 Å². The second-order valence-electron chi connectivity index (χ2n) is 6.08. The van der Waals surface area contributed by atoms with Gasteiger partial charge in [-0.15, -0.1) is 0 Å². The minimum absolute atomic E-state index is 0.00725. The van der Waals surface area contributed by atoms with Gasteiger partial charge in [0.1, 0.15) is 17.1 Å². The fourth-order valence-electron chi connectivity index (χ4n) is 3.41. The minimum atomic E-state index is -0.188. The van der Waals surface area contributed by atoms with Crippen molar-refractivity contribution in [1.29, 1.82) is 0 Å². The van der Waals surface area contributed by atoms with Gasteiger partial charge in [-0.2, -0.15) is 5.10 Å². The Morgan fingerprint density at radius 1 is 1.20 bits per heavy atom. The summed E-state index contributed by atoms with van der Waals surface area (Å²) < 4.78 is 8.09. The first kappa shape index (κ1) is 14.0. The van der Waals surface area contributed by atoms with Gasteiger partial charge in [0.25, 0.3) is 0 Å². The Hall–Kier alpha value is -3.35. The van der Waals surface area contributed by atoms with Crippen LogP contribution in [0, 0.1) is 0 Å². The number of rotatable bonds is 2. The summed E-state index contributed by atoms with van der Waals surface area (Å²) in [6.07, 6.45) is 3.98. The molecule has 0 saturated heterocycles. The van der Waals surface area contributed by atoms with Crippen molar-refractivity contribution in [3.05, 3.63) is 65.9 Å². The molecule has 1 aliphatic rings. The summed E-state index contributed by atoms with van der Waals surface area (Å²) in [5, 5.41) is 9.77. The van der Waals surface area contributed by atoms with E-state index in [2.05, 4.69) is 20.5 Å². The van der Waals surface area contributed by atoms with Crippen molar-refractivity contribution in [1.82, 2.24) is 24.9 Å². The summed E-state index contributed by atoms with van der Waals surface area (Å²) in [5.74, 6) is 1.25. The average Bonchev–Trinajstić information content (AvgIpc) is 3.34. The molecule has 0 radical (unpaired) electrons. The minimum Gasteiger partial charge on any atom is -0.459 e. The largest absolute Gasteiger partial charge is 0.459 e. The van der Waals surface area contributed by atoms with Gasteiger partial charge in [-0.25, -0.2) is 4.98 Å². The fraction of sp³-hybridized carbons (Fsp3) is 0.167. The van der Waals surface area contributed by atoms with Crippen LogP contribution in [0.15, 0.2) is 53.2 Å². The van der Waals surface area contributed by atoms with E-state index in [0.29, 0.717) is 18.7 Å².